The number of aliphatic hydroxyl groups excluding tert-OH is 1. The molecule has 0 spiro atoms. The van der Waals surface area contributed by atoms with Gasteiger partial charge >= 0.3 is 11.9 Å². The van der Waals surface area contributed by atoms with E-state index in [0.29, 0.717) is 12.8 Å². The van der Waals surface area contributed by atoms with Gasteiger partial charge in [-0.1, -0.05) is 141 Å². The Bertz CT molecular complexity index is 803. The van der Waals surface area contributed by atoms with Gasteiger partial charge in [-0.3, -0.25) is 14.4 Å². The first kappa shape index (κ1) is 48.8. The number of hydrogen-bond acceptors (Lipinski definition) is 6. The van der Waals surface area contributed by atoms with Crippen molar-refractivity contribution >= 4 is 17.8 Å². The smallest absolute Gasteiger partial charge is 0.305 e. The molecule has 0 saturated heterocycles. The lowest BCUT2D eigenvalue weighted by molar-refractivity contribution is -0.411. The van der Waals surface area contributed by atoms with E-state index >= 15 is 0 Å². The average Bonchev–Trinajstić information content (AvgIpc) is 3.13. The molecule has 0 bridgehead atoms. The van der Waals surface area contributed by atoms with Gasteiger partial charge < -0.3 is 25.2 Å². The van der Waals surface area contributed by atoms with Crippen LogP contribution >= 0.6 is 0 Å². The van der Waals surface area contributed by atoms with E-state index in [1.54, 1.807) is 0 Å². The predicted octanol–water partition coefficient (Wildman–Crippen LogP) is 9.58. The molecule has 8 nitrogen and oxygen atoms in total. The number of ether oxygens (including phenoxy) is 2. The third-order valence-corrected chi connectivity index (χ3v) is 9.42. The predicted molar refractivity (Wildman–Crippen MR) is 211 cm³/mol. The van der Waals surface area contributed by atoms with Gasteiger partial charge in [-0.25, -0.2) is 0 Å². The second kappa shape index (κ2) is 39.0. The fraction of sp³-hybridized carbons (Fsp3) is 0.837. The summed E-state index contributed by atoms with van der Waals surface area (Å²) in [5.41, 5.74) is 3.71. The highest BCUT2D eigenvalue weighted by molar-refractivity contribution is 5.80. The molecule has 8 heteroatoms. The van der Waals surface area contributed by atoms with Crippen molar-refractivity contribution in [1.29, 1.82) is 0 Å². The number of carbonyl (C=O) groups is 3. The maximum atomic E-state index is 12.7. The molecule has 0 fully saturated rings. The number of aliphatic hydroxyl groups is 1. The summed E-state index contributed by atoms with van der Waals surface area (Å²) in [5, 5.41) is 9.42. The molecule has 0 aliphatic heterocycles. The SMILES string of the molecule is CCCCCCCC/C=C\CCCCCCCC(=O)OCCN(CCOC(=O)CCCCCCC/C=C\CCCCCCCC)C(=O)[C@@H]([NH3+])CO. The summed E-state index contributed by atoms with van der Waals surface area (Å²) in [6, 6.07) is -0.817. The molecule has 298 valence electrons. The number of nitrogens with zero attached hydrogens (tertiary/aromatic N) is 1. The maximum absolute atomic E-state index is 12.7. The number of hydrogen-bond donors (Lipinski definition) is 2. The van der Waals surface area contributed by atoms with E-state index in [1.807, 2.05) is 0 Å². The van der Waals surface area contributed by atoms with Crippen LogP contribution < -0.4 is 5.73 Å². The molecule has 0 unspecified atom stereocenters. The third kappa shape index (κ3) is 34.7. The number of rotatable bonds is 38. The normalized spacial score (nSPS) is 12.2. The standard InChI is InChI=1S/C43H80N2O6/c1-3-5-7-9-11-13-15-17-19-21-23-25-27-29-31-33-41(47)50-37-35-45(43(49)40(44)39-46)36-38-51-42(48)34-32-30-28-26-24-22-20-18-16-14-12-10-8-6-4-2/h17-20,40,46H,3-16,21-39,44H2,1-2H3/p+1/b19-17-,20-18-/t40-/m0/s1. The molecule has 0 aliphatic rings. The Morgan fingerprint density at radius 3 is 1.18 bits per heavy atom. The minimum absolute atomic E-state index is 0.0661. The lowest BCUT2D eigenvalue weighted by Crippen LogP contribution is -2.70. The lowest BCUT2D eigenvalue weighted by Gasteiger charge is -2.23. The highest BCUT2D eigenvalue weighted by Crippen LogP contribution is 2.12. The van der Waals surface area contributed by atoms with Gasteiger partial charge in [-0.15, -0.1) is 0 Å². The van der Waals surface area contributed by atoms with Crippen LogP contribution in [0.25, 0.3) is 0 Å². The number of quaternary nitrogens is 1. The van der Waals surface area contributed by atoms with Crippen LogP contribution in [0.15, 0.2) is 24.3 Å². The van der Waals surface area contributed by atoms with Crippen LogP contribution in [0, 0.1) is 0 Å². The zero-order valence-corrected chi connectivity index (χ0v) is 33.4. The summed E-state index contributed by atoms with van der Waals surface area (Å²) in [6.45, 7) is 4.62. The zero-order chi connectivity index (χ0) is 37.5. The number of amides is 1. The molecule has 0 radical (unpaired) electrons. The largest absolute Gasteiger partial charge is 0.464 e. The molecular formula is C43H81N2O6+. The molecule has 0 aromatic rings. The van der Waals surface area contributed by atoms with Crippen molar-refractivity contribution in [2.75, 3.05) is 32.9 Å². The molecule has 4 N–H and O–H groups in total. The van der Waals surface area contributed by atoms with E-state index in [4.69, 9.17) is 9.47 Å². The van der Waals surface area contributed by atoms with Gasteiger partial charge in [0.15, 0.2) is 6.04 Å². The molecule has 0 rings (SSSR count). The van der Waals surface area contributed by atoms with Crippen LogP contribution in [-0.2, 0) is 23.9 Å². The van der Waals surface area contributed by atoms with E-state index < -0.39 is 6.04 Å². The summed E-state index contributed by atoms with van der Waals surface area (Å²) in [4.78, 5) is 38.6. The van der Waals surface area contributed by atoms with Crippen LogP contribution in [-0.4, -0.2) is 66.8 Å². The summed E-state index contributed by atoms with van der Waals surface area (Å²) in [6.07, 6.45) is 41.4. The summed E-state index contributed by atoms with van der Waals surface area (Å²) >= 11 is 0. The van der Waals surface area contributed by atoms with Crippen LogP contribution in [0.1, 0.15) is 194 Å². The maximum Gasteiger partial charge on any atom is 0.305 e. The second-order valence-electron chi connectivity index (χ2n) is 14.3. The fourth-order valence-corrected chi connectivity index (χ4v) is 6.03. The van der Waals surface area contributed by atoms with Crippen LogP contribution in [0.3, 0.4) is 0 Å². The van der Waals surface area contributed by atoms with Crippen LogP contribution in [0.2, 0.25) is 0 Å². The highest BCUT2D eigenvalue weighted by atomic mass is 16.5. The van der Waals surface area contributed by atoms with E-state index in [9.17, 15) is 19.5 Å². The first-order valence-corrected chi connectivity index (χ1v) is 21.3. The third-order valence-electron chi connectivity index (χ3n) is 9.42. The van der Waals surface area contributed by atoms with E-state index in [1.165, 1.54) is 120 Å². The highest BCUT2D eigenvalue weighted by Gasteiger charge is 2.23. The van der Waals surface area contributed by atoms with Crippen molar-refractivity contribution < 1.29 is 34.7 Å². The Labute approximate surface area is 313 Å². The molecule has 0 aromatic heterocycles. The molecule has 1 amide bonds. The fourth-order valence-electron chi connectivity index (χ4n) is 6.03. The average molecular weight is 722 g/mol. The van der Waals surface area contributed by atoms with Crippen molar-refractivity contribution in [2.24, 2.45) is 0 Å². The number of unbranched alkanes of at least 4 members (excludes halogenated alkanes) is 22. The van der Waals surface area contributed by atoms with Gasteiger partial charge in [0.2, 0.25) is 0 Å². The summed E-state index contributed by atoms with van der Waals surface area (Å²) in [7, 11) is 0. The Hall–Kier alpha value is -2.19. The van der Waals surface area contributed by atoms with E-state index in [0.717, 1.165) is 51.4 Å². The van der Waals surface area contributed by atoms with Gasteiger partial charge in [-0.05, 0) is 64.2 Å². The second-order valence-corrected chi connectivity index (χ2v) is 14.3. The lowest BCUT2D eigenvalue weighted by atomic mass is 10.1. The van der Waals surface area contributed by atoms with Crippen LogP contribution in [0.4, 0.5) is 0 Å². The van der Waals surface area contributed by atoms with Crippen molar-refractivity contribution in [3.63, 3.8) is 0 Å². The molecule has 0 aromatic carbocycles. The Kier molecular flexibility index (Phi) is 37.4. The molecular weight excluding hydrogens is 640 g/mol. The van der Waals surface area contributed by atoms with Gasteiger partial charge in [0, 0.05) is 12.8 Å². The van der Waals surface area contributed by atoms with Gasteiger partial charge in [0.1, 0.15) is 19.8 Å². The molecule has 1 atom stereocenters. The minimum atomic E-state index is -0.817. The monoisotopic (exact) mass is 722 g/mol. The molecule has 0 aliphatic carbocycles. The van der Waals surface area contributed by atoms with Crippen molar-refractivity contribution in [2.45, 2.75) is 200 Å². The number of esters is 2. The number of allylic oxidation sites excluding steroid dienone is 4. The van der Waals surface area contributed by atoms with Crippen molar-refractivity contribution in [3.05, 3.63) is 24.3 Å². The Morgan fingerprint density at radius 1 is 0.529 bits per heavy atom. The number of carbonyl (C=O) groups excluding carboxylic acids is 3. The molecule has 51 heavy (non-hydrogen) atoms. The first-order valence-electron chi connectivity index (χ1n) is 21.3. The Morgan fingerprint density at radius 2 is 0.843 bits per heavy atom. The van der Waals surface area contributed by atoms with Crippen molar-refractivity contribution in [1.82, 2.24) is 4.90 Å². The van der Waals surface area contributed by atoms with Crippen LogP contribution in [0.5, 0.6) is 0 Å². The Balaban J connectivity index is 3.94. The summed E-state index contributed by atoms with van der Waals surface area (Å²) < 4.78 is 10.8. The minimum Gasteiger partial charge on any atom is -0.464 e. The van der Waals surface area contributed by atoms with E-state index in [-0.39, 0.29) is 50.8 Å². The zero-order valence-electron chi connectivity index (χ0n) is 33.4. The van der Waals surface area contributed by atoms with E-state index in [2.05, 4.69) is 43.9 Å². The van der Waals surface area contributed by atoms with Crippen molar-refractivity contribution in [3.8, 4) is 0 Å². The van der Waals surface area contributed by atoms with Gasteiger partial charge in [-0.2, -0.15) is 0 Å². The quantitative estimate of drug-likeness (QED) is 0.0372. The topological polar surface area (TPSA) is 121 Å². The van der Waals surface area contributed by atoms with Gasteiger partial charge in [0.25, 0.3) is 5.91 Å². The van der Waals surface area contributed by atoms with Gasteiger partial charge in [0.05, 0.1) is 13.1 Å². The molecule has 0 heterocycles. The first-order chi connectivity index (χ1) is 25.0. The summed E-state index contributed by atoms with van der Waals surface area (Å²) in [5.74, 6) is -0.876. The molecule has 0 saturated carbocycles.